The van der Waals surface area contributed by atoms with Gasteiger partial charge in [-0.25, -0.2) is 0 Å². The topological polar surface area (TPSA) is 59.3 Å². The Morgan fingerprint density at radius 1 is 1.14 bits per heavy atom. The number of fused-ring (bicyclic) bond motifs is 1. The third-order valence-corrected chi connectivity index (χ3v) is 5.10. The monoisotopic (exact) mass is 315 g/mol. The number of hydrogen-bond donors (Lipinski definition) is 0. The van der Waals surface area contributed by atoms with Crippen LogP contribution in [0.4, 0.5) is 0 Å². The van der Waals surface area contributed by atoms with E-state index in [4.69, 9.17) is 9.05 Å². The minimum absolute atomic E-state index is 0.0199. The molecule has 22 heavy (non-hydrogen) atoms. The van der Waals surface area contributed by atoms with Crippen LogP contribution in [0.5, 0.6) is 0 Å². The van der Waals surface area contributed by atoms with Crippen molar-refractivity contribution in [2.24, 2.45) is 0 Å². The normalized spacial score (nSPS) is 12.3. The molecule has 2 rings (SSSR count). The first-order valence-corrected chi connectivity index (χ1v) is 8.67. The quantitative estimate of drug-likeness (QED) is 0.558. The van der Waals surface area contributed by atoms with E-state index in [1.54, 1.807) is 19.9 Å². The maximum Gasteiger partial charge on any atom is 0.371 e. The van der Waals surface area contributed by atoms with Gasteiger partial charge < -0.3 is 9.05 Å². The second-order valence-corrected chi connectivity index (χ2v) is 6.57. The van der Waals surface area contributed by atoms with Gasteiger partial charge >= 0.3 is 7.60 Å². The summed E-state index contributed by atoms with van der Waals surface area (Å²) in [6, 6.07) is 15.7. The van der Waals surface area contributed by atoms with Crippen molar-refractivity contribution < 1.29 is 13.6 Å². The van der Waals surface area contributed by atoms with Crippen molar-refractivity contribution >= 4 is 24.4 Å². The highest BCUT2D eigenvalue weighted by Gasteiger charge is 2.29. The molecule has 0 aliphatic carbocycles. The molecular weight excluding hydrogens is 297 g/mol. The minimum atomic E-state index is -3.56. The van der Waals surface area contributed by atoms with Crippen LogP contribution in [-0.4, -0.2) is 13.2 Å². The van der Waals surface area contributed by atoms with Crippen molar-refractivity contribution in [1.29, 1.82) is 5.26 Å². The van der Waals surface area contributed by atoms with Crippen LogP contribution in [0.25, 0.3) is 16.8 Å². The van der Waals surface area contributed by atoms with Gasteiger partial charge in [-0.3, -0.25) is 4.57 Å². The number of rotatable bonds is 6. The predicted octanol–water partition coefficient (Wildman–Crippen LogP) is 4.97. The zero-order valence-corrected chi connectivity index (χ0v) is 13.5. The Bertz CT molecular complexity index is 767. The van der Waals surface area contributed by atoms with Crippen molar-refractivity contribution in [1.82, 2.24) is 0 Å². The SMILES string of the molecule is CCOP(=O)(OCC)C(C#N)=Cc1ccc2ccccc2c1. The van der Waals surface area contributed by atoms with E-state index in [9.17, 15) is 9.83 Å². The molecule has 0 heterocycles. The summed E-state index contributed by atoms with van der Waals surface area (Å²) in [7, 11) is -3.56. The van der Waals surface area contributed by atoms with Crippen molar-refractivity contribution in [3.8, 4) is 6.07 Å². The Kier molecular flexibility index (Phi) is 5.51. The summed E-state index contributed by atoms with van der Waals surface area (Å²) >= 11 is 0. The summed E-state index contributed by atoms with van der Waals surface area (Å²) in [6.45, 7) is 3.87. The van der Waals surface area contributed by atoms with E-state index in [0.29, 0.717) is 0 Å². The van der Waals surface area contributed by atoms with Gasteiger partial charge in [-0.1, -0.05) is 36.4 Å². The lowest BCUT2D eigenvalue weighted by Gasteiger charge is -2.15. The van der Waals surface area contributed by atoms with Crippen molar-refractivity contribution in [3.63, 3.8) is 0 Å². The van der Waals surface area contributed by atoms with Crippen LogP contribution in [0.1, 0.15) is 19.4 Å². The maximum atomic E-state index is 12.7. The molecule has 0 amide bonds. The average molecular weight is 315 g/mol. The first-order valence-electron chi connectivity index (χ1n) is 7.13. The zero-order valence-electron chi connectivity index (χ0n) is 12.7. The smallest absolute Gasteiger partial charge is 0.305 e. The molecule has 2 aromatic carbocycles. The van der Waals surface area contributed by atoms with Gasteiger partial charge in [0.05, 0.1) is 13.2 Å². The van der Waals surface area contributed by atoms with Gasteiger partial charge in [0.15, 0.2) is 0 Å². The fourth-order valence-corrected chi connectivity index (χ4v) is 3.61. The first kappa shape index (κ1) is 16.5. The van der Waals surface area contributed by atoms with E-state index in [2.05, 4.69) is 0 Å². The van der Waals surface area contributed by atoms with Crippen LogP contribution in [0.2, 0.25) is 0 Å². The molecule has 0 bridgehead atoms. The van der Waals surface area contributed by atoms with Crippen LogP contribution >= 0.6 is 7.60 Å². The third-order valence-electron chi connectivity index (χ3n) is 3.08. The summed E-state index contributed by atoms with van der Waals surface area (Å²) in [6.07, 6.45) is 1.57. The Labute approximate surface area is 130 Å². The van der Waals surface area contributed by atoms with Gasteiger partial charge in [-0.15, -0.1) is 0 Å². The van der Waals surface area contributed by atoms with Crippen LogP contribution in [0, 0.1) is 11.3 Å². The van der Waals surface area contributed by atoms with Gasteiger partial charge in [0, 0.05) is 0 Å². The van der Waals surface area contributed by atoms with E-state index < -0.39 is 7.60 Å². The van der Waals surface area contributed by atoms with Crippen molar-refractivity contribution in [3.05, 3.63) is 53.3 Å². The summed E-state index contributed by atoms with van der Waals surface area (Å²) < 4.78 is 23.1. The molecule has 0 aliphatic rings. The van der Waals surface area contributed by atoms with Crippen molar-refractivity contribution in [2.75, 3.05) is 13.2 Å². The summed E-state index contributed by atoms with van der Waals surface area (Å²) in [4.78, 5) is 0. The molecule has 0 unspecified atom stereocenters. The molecule has 0 radical (unpaired) electrons. The lowest BCUT2D eigenvalue weighted by molar-refractivity contribution is 0.227. The van der Waals surface area contributed by atoms with Gasteiger partial charge in [-0.2, -0.15) is 5.26 Å². The molecule has 0 saturated carbocycles. The van der Waals surface area contributed by atoms with Crippen molar-refractivity contribution in [2.45, 2.75) is 13.8 Å². The van der Waals surface area contributed by atoms with E-state index in [1.165, 1.54) is 0 Å². The number of nitrogens with zero attached hydrogens (tertiary/aromatic N) is 1. The van der Waals surface area contributed by atoms with Gasteiger partial charge in [0.25, 0.3) is 0 Å². The molecule has 2 aromatic rings. The van der Waals surface area contributed by atoms with E-state index in [1.807, 2.05) is 48.5 Å². The zero-order chi connectivity index (χ0) is 16.0. The fourth-order valence-electron chi connectivity index (χ4n) is 2.14. The molecule has 4 nitrogen and oxygen atoms in total. The molecule has 0 fully saturated rings. The minimum Gasteiger partial charge on any atom is -0.305 e. The molecule has 0 atom stereocenters. The maximum absolute atomic E-state index is 12.7. The summed E-state index contributed by atoms with van der Waals surface area (Å²) in [5.74, 6) is 0. The predicted molar refractivity (Wildman–Crippen MR) is 88.4 cm³/mol. The number of hydrogen-bond acceptors (Lipinski definition) is 4. The Balaban J connectivity index is 2.45. The molecule has 0 aliphatic heterocycles. The second-order valence-electron chi connectivity index (χ2n) is 4.58. The van der Waals surface area contributed by atoms with Gasteiger partial charge in [0.2, 0.25) is 0 Å². The molecule has 0 saturated heterocycles. The molecule has 0 N–H and O–H groups in total. The van der Waals surface area contributed by atoms with Crippen LogP contribution in [-0.2, 0) is 13.6 Å². The summed E-state index contributed by atoms with van der Waals surface area (Å²) in [5.41, 5.74) is 0.787. The largest absolute Gasteiger partial charge is 0.371 e. The molecular formula is C17H18NO3P. The van der Waals surface area contributed by atoms with Crippen LogP contribution in [0.15, 0.2) is 47.8 Å². The van der Waals surface area contributed by atoms with E-state index >= 15 is 0 Å². The Morgan fingerprint density at radius 2 is 1.77 bits per heavy atom. The van der Waals surface area contributed by atoms with Gasteiger partial charge in [0.1, 0.15) is 11.4 Å². The third kappa shape index (κ3) is 3.64. The molecule has 5 heteroatoms. The average Bonchev–Trinajstić information content (AvgIpc) is 2.52. The van der Waals surface area contributed by atoms with Crippen LogP contribution < -0.4 is 0 Å². The molecule has 0 aromatic heterocycles. The summed E-state index contributed by atoms with van der Waals surface area (Å²) in [5, 5.41) is 11.5. The first-order chi connectivity index (χ1) is 10.6. The second kappa shape index (κ2) is 7.38. The standard InChI is InChI=1S/C17H18NO3P/c1-3-20-22(19,21-4-2)17(13-18)12-14-9-10-15-7-5-6-8-16(15)11-14/h5-12H,3-4H2,1-2H3. The highest BCUT2D eigenvalue weighted by molar-refractivity contribution is 7.59. The lowest BCUT2D eigenvalue weighted by atomic mass is 10.1. The Hall–Kier alpha value is -1.92. The number of benzene rings is 2. The van der Waals surface area contributed by atoms with Gasteiger partial charge in [-0.05, 0) is 42.3 Å². The highest BCUT2D eigenvalue weighted by Crippen LogP contribution is 2.56. The number of allylic oxidation sites excluding steroid dienone is 1. The lowest BCUT2D eigenvalue weighted by Crippen LogP contribution is -1.97. The fraction of sp³-hybridized carbons (Fsp3) is 0.235. The number of nitriles is 1. The Morgan fingerprint density at radius 3 is 2.36 bits per heavy atom. The van der Waals surface area contributed by atoms with E-state index in [-0.39, 0.29) is 18.5 Å². The van der Waals surface area contributed by atoms with Crippen LogP contribution in [0.3, 0.4) is 0 Å². The molecule has 0 spiro atoms. The molecule has 114 valence electrons. The van der Waals surface area contributed by atoms with E-state index in [0.717, 1.165) is 16.3 Å². The highest BCUT2D eigenvalue weighted by atomic mass is 31.2.